The molecule has 0 aliphatic heterocycles. The zero-order valence-corrected chi connectivity index (χ0v) is 11.8. The van der Waals surface area contributed by atoms with Crippen molar-refractivity contribution in [3.63, 3.8) is 0 Å². The minimum absolute atomic E-state index is 0.641. The summed E-state index contributed by atoms with van der Waals surface area (Å²) < 4.78 is 5.25. The van der Waals surface area contributed by atoms with Crippen LogP contribution < -0.4 is 10.1 Å². The van der Waals surface area contributed by atoms with Crippen molar-refractivity contribution in [2.24, 2.45) is 5.92 Å². The van der Waals surface area contributed by atoms with E-state index in [0.717, 1.165) is 11.7 Å². The minimum atomic E-state index is 0.641. The number of hydrogen-bond donors (Lipinski definition) is 1. The summed E-state index contributed by atoms with van der Waals surface area (Å²) in [6, 6.07) is 6.92. The quantitative estimate of drug-likeness (QED) is 0.800. The first-order valence-electron chi connectivity index (χ1n) is 7.10. The number of hydrogen-bond acceptors (Lipinski definition) is 2. The molecule has 0 saturated heterocycles. The summed E-state index contributed by atoms with van der Waals surface area (Å²) in [7, 11) is 1.72. The van der Waals surface area contributed by atoms with E-state index < -0.39 is 0 Å². The molecule has 0 aromatic heterocycles. The lowest BCUT2D eigenvalue weighted by atomic mass is 10.0. The Morgan fingerprint density at radius 3 is 2.72 bits per heavy atom. The highest BCUT2D eigenvalue weighted by atomic mass is 16.5. The minimum Gasteiger partial charge on any atom is -0.497 e. The third-order valence-electron chi connectivity index (χ3n) is 4.05. The van der Waals surface area contributed by atoms with Gasteiger partial charge in [0.05, 0.1) is 7.11 Å². The maximum atomic E-state index is 5.25. The SMILES string of the molecule is COc1ccc(NC2CCCC(C)CC2)c(C)c1. The molecule has 0 radical (unpaired) electrons. The van der Waals surface area contributed by atoms with Gasteiger partial charge in [-0.25, -0.2) is 0 Å². The summed E-state index contributed by atoms with van der Waals surface area (Å²) in [5.41, 5.74) is 2.53. The predicted octanol–water partition coefficient (Wildman–Crippen LogP) is 4.38. The van der Waals surface area contributed by atoms with E-state index in [0.29, 0.717) is 6.04 Å². The Bertz CT molecular complexity index is 389. The fraction of sp³-hybridized carbons (Fsp3) is 0.625. The van der Waals surface area contributed by atoms with Crippen molar-refractivity contribution in [1.29, 1.82) is 0 Å². The average molecular weight is 247 g/mol. The van der Waals surface area contributed by atoms with E-state index in [9.17, 15) is 0 Å². The van der Waals surface area contributed by atoms with E-state index >= 15 is 0 Å². The van der Waals surface area contributed by atoms with E-state index in [4.69, 9.17) is 4.74 Å². The first-order valence-corrected chi connectivity index (χ1v) is 7.10. The summed E-state index contributed by atoms with van der Waals surface area (Å²) in [4.78, 5) is 0. The van der Waals surface area contributed by atoms with Gasteiger partial charge in [-0.1, -0.05) is 19.8 Å². The highest BCUT2D eigenvalue weighted by Gasteiger charge is 2.16. The van der Waals surface area contributed by atoms with Crippen molar-refractivity contribution >= 4 is 5.69 Å². The molecule has 0 bridgehead atoms. The molecule has 1 aliphatic rings. The molecule has 0 heterocycles. The number of benzene rings is 1. The molecule has 2 nitrogen and oxygen atoms in total. The van der Waals surface area contributed by atoms with E-state index in [1.165, 1.54) is 43.4 Å². The van der Waals surface area contributed by atoms with Gasteiger partial charge in [0.25, 0.3) is 0 Å². The van der Waals surface area contributed by atoms with Crippen LogP contribution in [-0.2, 0) is 0 Å². The van der Waals surface area contributed by atoms with E-state index in [1.807, 2.05) is 6.07 Å². The van der Waals surface area contributed by atoms with Gasteiger partial charge in [-0.3, -0.25) is 0 Å². The zero-order valence-electron chi connectivity index (χ0n) is 11.8. The first kappa shape index (κ1) is 13.3. The maximum Gasteiger partial charge on any atom is 0.119 e. The molecular weight excluding hydrogens is 222 g/mol. The average Bonchev–Trinajstić information content (AvgIpc) is 2.57. The molecule has 2 heteroatoms. The number of methoxy groups -OCH3 is 1. The van der Waals surface area contributed by atoms with Crippen molar-refractivity contribution in [2.75, 3.05) is 12.4 Å². The molecule has 1 aromatic carbocycles. The monoisotopic (exact) mass is 247 g/mol. The number of anilines is 1. The van der Waals surface area contributed by atoms with Crippen LogP contribution in [0.4, 0.5) is 5.69 Å². The Hall–Kier alpha value is -1.18. The van der Waals surface area contributed by atoms with Crippen molar-refractivity contribution in [3.8, 4) is 5.75 Å². The summed E-state index contributed by atoms with van der Waals surface area (Å²) in [6.07, 6.45) is 6.70. The molecular formula is C16H25NO. The van der Waals surface area contributed by atoms with Crippen molar-refractivity contribution < 1.29 is 4.74 Å². The Morgan fingerprint density at radius 2 is 2.00 bits per heavy atom. The summed E-state index contributed by atoms with van der Waals surface area (Å²) >= 11 is 0. The second-order valence-electron chi connectivity index (χ2n) is 5.64. The molecule has 100 valence electrons. The number of ether oxygens (including phenoxy) is 1. The number of rotatable bonds is 3. The van der Waals surface area contributed by atoms with Gasteiger partial charge >= 0.3 is 0 Å². The van der Waals surface area contributed by atoms with Crippen LogP contribution in [0.1, 0.15) is 44.6 Å². The molecule has 2 atom stereocenters. The van der Waals surface area contributed by atoms with Gasteiger partial charge in [-0.05, 0) is 55.9 Å². The maximum absolute atomic E-state index is 5.25. The summed E-state index contributed by atoms with van der Waals surface area (Å²) in [6.45, 7) is 4.52. The molecule has 1 N–H and O–H groups in total. The van der Waals surface area contributed by atoms with Gasteiger partial charge in [0.2, 0.25) is 0 Å². The van der Waals surface area contributed by atoms with Gasteiger partial charge in [0, 0.05) is 11.7 Å². The Kier molecular flexibility index (Phi) is 4.51. The fourth-order valence-corrected chi connectivity index (χ4v) is 2.78. The molecule has 1 saturated carbocycles. The molecule has 18 heavy (non-hydrogen) atoms. The molecule has 1 aromatic rings. The number of aryl methyl sites for hydroxylation is 1. The van der Waals surface area contributed by atoms with Crippen LogP contribution in [0.25, 0.3) is 0 Å². The molecule has 2 unspecified atom stereocenters. The van der Waals surface area contributed by atoms with Gasteiger partial charge in [0.15, 0.2) is 0 Å². The predicted molar refractivity (Wildman–Crippen MR) is 77.4 cm³/mol. The lowest BCUT2D eigenvalue weighted by Crippen LogP contribution is -2.19. The van der Waals surface area contributed by atoms with E-state index in [-0.39, 0.29) is 0 Å². The molecule has 0 amide bonds. The van der Waals surface area contributed by atoms with Gasteiger partial charge < -0.3 is 10.1 Å². The smallest absolute Gasteiger partial charge is 0.119 e. The third kappa shape index (κ3) is 3.41. The second kappa shape index (κ2) is 6.12. The zero-order chi connectivity index (χ0) is 13.0. The molecule has 1 aliphatic carbocycles. The van der Waals surface area contributed by atoms with Crippen LogP contribution in [0.2, 0.25) is 0 Å². The lowest BCUT2D eigenvalue weighted by Gasteiger charge is -2.19. The van der Waals surface area contributed by atoms with Gasteiger partial charge in [-0.15, -0.1) is 0 Å². The van der Waals surface area contributed by atoms with Crippen LogP contribution in [0, 0.1) is 12.8 Å². The lowest BCUT2D eigenvalue weighted by molar-refractivity contribution is 0.414. The highest BCUT2D eigenvalue weighted by molar-refractivity contribution is 5.54. The van der Waals surface area contributed by atoms with Crippen LogP contribution in [-0.4, -0.2) is 13.2 Å². The van der Waals surface area contributed by atoms with Crippen molar-refractivity contribution in [2.45, 2.75) is 52.0 Å². The van der Waals surface area contributed by atoms with E-state index in [2.05, 4.69) is 31.3 Å². The third-order valence-corrected chi connectivity index (χ3v) is 4.05. The Balaban J connectivity index is 2.00. The highest BCUT2D eigenvalue weighted by Crippen LogP contribution is 2.27. The molecule has 2 rings (SSSR count). The molecule has 1 fully saturated rings. The summed E-state index contributed by atoms with van der Waals surface area (Å²) in [5, 5.41) is 3.71. The van der Waals surface area contributed by atoms with Crippen LogP contribution in [0.3, 0.4) is 0 Å². The van der Waals surface area contributed by atoms with Crippen molar-refractivity contribution in [3.05, 3.63) is 23.8 Å². The van der Waals surface area contributed by atoms with Crippen LogP contribution in [0.15, 0.2) is 18.2 Å². The Morgan fingerprint density at radius 1 is 1.17 bits per heavy atom. The van der Waals surface area contributed by atoms with Crippen LogP contribution >= 0.6 is 0 Å². The fourth-order valence-electron chi connectivity index (χ4n) is 2.78. The van der Waals surface area contributed by atoms with Crippen LogP contribution in [0.5, 0.6) is 5.75 Å². The Labute approximate surface area is 111 Å². The first-order chi connectivity index (χ1) is 8.69. The number of nitrogens with one attached hydrogen (secondary N) is 1. The standard InChI is InChI=1S/C16H25NO/c1-12-5-4-6-14(8-7-12)17-16-10-9-15(18-3)11-13(16)2/h9-12,14,17H,4-8H2,1-3H3. The largest absolute Gasteiger partial charge is 0.497 e. The normalized spacial score (nSPS) is 24.4. The molecule has 0 spiro atoms. The summed E-state index contributed by atoms with van der Waals surface area (Å²) in [5.74, 6) is 1.83. The van der Waals surface area contributed by atoms with E-state index in [1.54, 1.807) is 7.11 Å². The van der Waals surface area contributed by atoms with Gasteiger partial charge in [-0.2, -0.15) is 0 Å². The van der Waals surface area contributed by atoms with Gasteiger partial charge in [0.1, 0.15) is 5.75 Å². The topological polar surface area (TPSA) is 21.3 Å². The van der Waals surface area contributed by atoms with Crippen molar-refractivity contribution in [1.82, 2.24) is 0 Å². The second-order valence-corrected chi connectivity index (χ2v) is 5.64.